The zero-order chi connectivity index (χ0) is 26.5. The van der Waals surface area contributed by atoms with Gasteiger partial charge in [0.2, 0.25) is 0 Å². The van der Waals surface area contributed by atoms with E-state index in [1.165, 1.54) is 12.3 Å². The largest absolute Gasteiger partial charge is 0.405 e. The Labute approximate surface area is 226 Å². The molecule has 4 nitrogen and oxygen atoms in total. The van der Waals surface area contributed by atoms with E-state index in [-0.39, 0.29) is 11.7 Å². The van der Waals surface area contributed by atoms with Gasteiger partial charge in [-0.05, 0) is 89.5 Å². The van der Waals surface area contributed by atoms with Crippen LogP contribution in [0.5, 0.6) is 0 Å². The van der Waals surface area contributed by atoms with Crippen LogP contribution >= 0.6 is 11.6 Å². The number of allylic oxidation sites excluding steroid dienone is 1. The second-order valence-electron chi connectivity index (χ2n) is 9.05. The molecule has 0 fully saturated rings. The lowest BCUT2D eigenvalue weighted by Crippen LogP contribution is -2.05. The Balaban J connectivity index is 1.55. The first kappa shape index (κ1) is 25.3. The fourth-order valence-electron chi connectivity index (χ4n) is 4.67. The van der Waals surface area contributed by atoms with Crippen molar-refractivity contribution in [2.24, 2.45) is 10.7 Å². The molecule has 0 amide bonds. The van der Waals surface area contributed by atoms with E-state index < -0.39 is 0 Å². The zero-order valence-electron chi connectivity index (χ0n) is 20.9. The molecule has 0 radical (unpaired) electrons. The van der Waals surface area contributed by atoms with Crippen molar-refractivity contribution in [1.82, 2.24) is 9.97 Å². The van der Waals surface area contributed by atoms with Gasteiger partial charge >= 0.3 is 0 Å². The number of nitrogens with two attached hydrogens (primary N) is 1. The third-order valence-electron chi connectivity index (χ3n) is 6.52. The van der Waals surface area contributed by atoms with Gasteiger partial charge in [-0.15, -0.1) is 0 Å². The van der Waals surface area contributed by atoms with Crippen LogP contribution in [0.1, 0.15) is 39.4 Å². The molecular weight excluding hydrogens is 495 g/mol. The molecule has 0 aliphatic rings. The van der Waals surface area contributed by atoms with Gasteiger partial charge in [-0.3, -0.25) is 15.0 Å². The van der Waals surface area contributed by atoms with Crippen LogP contribution in [0.2, 0.25) is 5.02 Å². The van der Waals surface area contributed by atoms with Crippen LogP contribution in [0, 0.1) is 12.7 Å². The normalized spacial score (nSPS) is 12.5. The lowest BCUT2D eigenvalue weighted by Gasteiger charge is -2.20. The van der Waals surface area contributed by atoms with Crippen LogP contribution in [0.3, 0.4) is 0 Å². The summed E-state index contributed by atoms with van der Waals surface area (Å²) in [6.45, 7) is 1.98. The average Bonchev–Trinajstić information content (AvgIpc) is 2.93. The Morgan fingerprint density at radius 3 is 2.50 bits per heavy atom. The number of hydrogen-bond donors (Lipinski definition) is 1. The van der Waals surface area contributed by atoms with E-state index >= 15 is 0 Å². The molecular formula is C32H26ClFN4. The summed E-state index contributed by atoms with van der Waals surface area (Å²) in [6.07, 6.45) is 8.97. The second kappa shape index (κ2) is 11.4. The molecule has 0 bridgehead atoms. The number of nitrogens with zero attached hydrogens (tertiary/aromatic N) is 3. The smallest absolute Gasteiger partial charge is 0.123 e. The molecule has 0 aliphatic heterocycles. The van der Waals surface area contributed by atoms with Crippen molar-refractivity contribution < 1.29 is 4.39 Å². The number of aliphatic imine (C=N–C) groups is 1. The van der Waals surface area contributed by atoms with E-state index in [1.54, 1.807) is 30.6 Å². The van der Waals surface area contributed by atoms with Crippen molar-refractivity contribution in [1.29, 1.82) is 0 Å². The highest BCUT2D eigenvalue weighted by molar-refractivity contribution is 6.36. The van der Waals surface area contributed by atoms with Gasteiger partial charge < -0.3 is 5.73 Å². The van der Waals surface area contributed by atoms with Gasteiger partial charge in [-0.25, -0.2) is 4.39 Å². The summed E-state index contributed by atoms with van der Waals surface area (Å²) in [5.41, 5.74) is 12.8. The number of pyridine rings is 2. The Morgan fingerprint density at radius 1 is 0.974 bits per heavy atom. The molecule has 0 spiro atoms. The van der Waals surface area contributed by atoms with Gasteiger partial charge in [-0.2, -0.15) is 0 Å². The number of halogens is 2. The van der Waals surface area contributed by atoms with Crippen molar-refractivity contribution in [2.75, 3.05) is 0 Å². The summed E-state index contributed by atoms with van der Waals surface area (Å²) in [4.78, 5) is 13.5. The molecule has 2 heterocycles. The molecule has 2 aromatic heterocycles. The maximum atomic E-state index is 14.2. The third-order valence-corrected chi connectivity index (χ3v) is 6.95. The first-order chi connectivity index (χ1) is 18.5. The summed E-state index contributed by atoms with van der Waals surface area (Å²) in [7, 11) is 0. The molecule has 5 rings (SSSR count). The van der Waals surface area contributed by atoms with E-state index in [4.69, 9.17) is 22.3 Å². The van der Waals surface area contributed by atoms with Crippen molar-refractivity contribution in [3.8, 4) is 0 Å². The van der Waals surface area contributed by atoms with Crippen molar-refractivity contribution in [2.45, 2.75) is 19.3 Å². The summed E-state index contributed by atoms with van der Waals surface area (Å²) in [5, 5.41) is 1.54. The number of benzene rings is 3. The first-order valence-corrected chi connectivity index (χ1v) is 12.6. The highest BCUT2D eigenvalue weighted by Crippen LogP contribution is 2.36. The molecule has 38 heavy (non-hydrogen) atoms. The van der Waals surface area contributed by atoms with Gasteiger partial charge in [0.05, 0.1) is 16.2 Å². The minimum Gasteiger partial charge on any atom is -0.405 e. The van der Waals surface area contributed by atoms with Gasteiger partial charge in [0, 0.05) is 42.0 Å². The average molecular weight is 521 g/mol. The van der Waals surface area contributed by atoms with Gasteiger partial charge in [0.15, 0.2) is 0 Å². The van der Waals surface area contributed by atoms with Gasteiger partial charge in [0.1, 0.15) is 5.82 Å². The second-order valence-corrected chi connectivity index (χ2v) is 9.42. The fraction of sp³-hybridized carbons (Fsp3) is 0.0938. The van der Waals surface area contributed by atoms with E-state index in [9.17, 15) is 4.39 Å². The topological polar surface area (TPSA) is 64.2 Å². The van der Waals surface area contributed by atoms with Crippen LogP contribution in [0.25, 0.3) is 10.9 Å². The van der Waals surface area contributed by atoms with Crippen LogP contribution in [-0.2, 0) is 6.42 Å². The Morgan fingerprint density at radius 2 is 1.76 bits per heavy atom. The van der Waals surface area contributed by atoms with Crippen LogP contribution < -0.4 is 5.73 Å². The fourth-order valence-corrected chi connectivity index (χ4v) is 5.03. The minimum absolute atomic E-state index is 0.202. The third kappa shape index (κ3) is 5.48. The number of fused-ring (bicyclic) bond motifs is 1. The summed E-state index contributed by atoms with van der Waals surface area (Å²) >= 11 is 7.05. The maximum Gasteiger partial charge on any atom is 0.123 e. The molecule has 188 valence electrons. The van der Waals surface area contributed by atoms with Crippen molar-refractivity contribution in [3.05, 3.63) is 148 Å². The Bertz CT molecular complexity index is 1630. The van der Waals surface area contributed by atoms with E-state index in [2.05, 4.69) is 16.0 Å². The van der Waals surface area contributed by atoms with E-state index in [1.807, 2.05) is 67.7 Å². The first-order valence-electron chi connectivity index (χ1n) is 12.3. The summed E-state index contributed by atoms with van der Waals surface area (Å²) < 4.78 is 14.2. The van der Waals surface area contributed by atoms with Crippen LogP contribution in [0.15, 0.2) is 109 Å². The molecule has 1 atom stereocenters. The van der Waals surface area contributed by atoms with Gasteiger partial charge in [0.25, 0.3) is 0 Å². The zero-order valence-corrected chi connectivity index (χ0v) is 21.6. The monoisotopic (exact) mass is 520 g/mol. The van der Waals surface area contributed by atoms with Crippen molar-refractivity contribution >= 4 is 34.4 Å². The van der Waals surface area contributed by atoms with Crippen molar-refractivity contribution in [3.63, 3.8) is 0 Å². The predicted molar refractivity (Wildman–Crippen MR) is 154 cm³/mol. The Kier molecular flexibility index (Phi) is 7.57. The molecule has 0 aliphatic carbocycles. The highest BCUT2D eigenvalue weighted by Gasteiger charge is 2.20. The highest BCUT2D eigenvalue weighted by atomic mass is 35.5. The molecule has 2 N–H and O–H groups in total. The Hall–Kier alpha value is -4.35. The summed E-state index contributed by atoms with van der Waals surface area (Å²) in [6, 6.07) is 24.7. The minimum atomic E-state index is -0.276. The number of hydrogen-bond acceptors (Lipinski definition) is 4. The van der Waals surface area contributed by atoms with E-state index in [0.717, 1.165) is 50.1 Å². The lowest BCUT2D eigenvalue weighted by atomic mass is 9.85. The van der Waals surface area contributed by atoms with Gasteiger partial charge in [-0.1, -0.05) is 48.0 Å². The maximum absolute atomic E-state index is 14.2. The predicted octanol–water partition coefficient (Wildman–Crippen LogP) is 7.68. The quantitative estimate of drug-likeness (QED) is 0.224. The molecule has 1 unspecified atom stereocenters. The number of rotatable bonds is 7. The van der Waals surface area contributed by atoms with Crippen LogP contribution in [0.4, 0.5) is 10.1 Å². The molecule has 3 aromatic carbocycles. The molecule has 6 heteroatoms. The standard InChI is InChI=1S/C32H26ClFN4/c1-21-28(17-22-8-11-27(12-9-22)37-16-4-14-35)32(33)29-19-24(10-13-30(29)38-21)31(25-6-3-15-36-20-25)23-5-2-7-26(34)18-23/h2-16,18-20,31H,17,35H2,1H3. The van der Waals surface area contributed by atoms with E-state index in [0.29, 0.717) is 11.4 Å². The number of aryl methyl sites for hydroxylation is 1. The number of aromatic nitrogens is 2. The SMILES string of the molecule is Cc1nc2ccc(C(c3cccnc3)c3cccc(F)c3)cc2c(Cl)c1Cc1ccc(N=CC=CN)cc1. The lowest BCUT2D eigenvalue weighted by molar-refractivity contribution is 0.625. The molecule has 5 aromatic rings. The van der Waals surface area contributed by atoms with Crippen LogP contribution in [-0.4, -0.2) is 16.2 Å². The molecule has 0 saturated heterocycles. The molecule has 0 saturated carbocycles. The summed E-state index contributed by atoms with van der Waals surface area (Å²) in [5.74, 6) is -0.478.